The number of hydrogen-bond donors (Lipinski definition) is 0. The summed E-state index contributed by atoms with van der Waals surface area (Å²) in [6.45, 7) is 0. The lowest BCUT2D eigenvalue weighted by Crippen LogP contribution is -2.14. The minimum Gasteiger partial charge on any atom is -0.493 e. The molecule has 6 heteroatoms. The van der Waals surface area contributed by atoms with Gasteiger partial charge in [0.2, 0.25) is 0 Å². The van der Waals surface area contributed by atoms with Gasteiger partial charge in [-0.2, -0.15) is 0 Å². The number of aromatic nitrogens is 2. The molecule has 3 aromatic rings. The van der Waals surface area contributed by atoms with Gasteiger partial charge < -0.3 is 9.47 Å². The highest BCUT2D eigenvalue weighted by Gasteiger charge is 2.19. The zero-order chi connectivity index (χ0) is 16.5. The fourth-order valence-electron chi connectivity index (χ4n) is 3.10. The maximum Gasteiger partial charge on any atom is 0.291 e. The normalized spacial score (nSPS) is 15.0. The second kappa shape index (κ2) is 6.28. The monoisotopic (exact) mass is 342 g/mol. The van der Waals surface area contributed by atoms with E-state index in [-0.39, 0.29) is 11.7 Å². The van der Waals surface area contributed by atoms with Gasteiger partial charge in [0.1, 0.15) is 5.52 Å². The molecule has 0 atom stereocenters. The van der Waals surface area contributed by atoms with E-state index in [2.05, 4.69) is 4.98 Å². The summed E-state index contributed by atoms with van der Waals surface area (Å²) in [5, 5.41) is 0. The number of rotatable bonds is 4. The Hall–Kier alpha value is -2.34. The van der Waals surface area contributed by atoms with Gasteiger partial charge in [0.15, 0.2) is 11.5 Å². The van der Waals surface area contributed by atoms with E-state index < -0.39 is 0 Å². The lowest BCUT2D eigenvalue weighted by Gasteiger charge is -2.16. The first-order valence-corrected chi connectivity index (χ1v) is 8.86. The summed E-state index contributed by atoms with van der Waals surface area (Å²) in [7, 11) is 1.63. The zero-order valence-electron chi connectivity index (χ0n) is 13.4. The third kappa shape index (κ3) is 2.67. The van der Waals surface area contributed by atoms with Crippen molar-refractivity contribution in [3.05, 3.63) is 46.9 Å². The summed E-state index contributed by atoms with van der Waals surface area (Å²) in [5.41, 5.74) is 1.17. The third-order valence-electron chi connectivity index (χ3n) is 4.32. The van der Waals surface area contributed by atoms with Crippen LogP contribution >= 0.6 is 11.5 Å². The molecule has 1 aliphatic rings. The summed E-state index contributed by atoms with van der Waals surface area (Å²) in [4.78, 5) is 16.8. The molecule has 2 heterocycles. The molecule has 2 aromatic heterocycles. The standard InChI is InChI=1S/C18H18N2O3S/c1-22-14-9-8-12(11-15(14)23-13-5-2-3-6-13)20-18(21)17-16(24-20)7-4-10-19-17/h4,7-11,13H,2-3,5-6H2,1H3. The van der Waals surface area contributed by atoms with Gasteiger partial charge in [-0.25, -0.2) is 8.94 Å². The van der Waals surface area contributed by atoms with Crippen LogP contribution in [0.25, 0.3) is 15.9 Å². The molecule has 0 unspecified atom stereocenters. The van der Waals surface area contributed by atoms with Crippen molar-refractivity contribution >= 4 is 21.7 Å². The summed E-state index contributed by atoms with van der Waals surface area (Å²) in [5.74, 6) is 1.39. The Kier molecular flexibility index (Phi) is 3.98. The minimum absolute atomic E-state index is 0.104. The molecule has 1 aliphatic carbocycles. The number of pyridine rings is 1. The molecule has 5 nitrogen and oxygen atoms in total. The topological polar surface area (TPSA) is 53.4 Å². The summed E-state index contributed by atoms with van der Waals surface area (Å²) in [6.07, 6.45) is 6.42. The van der Waals surface area contributed by atoms with Gasteiger partial charge >= 0.3 is 0 Å². The molecule has 24 heavy (non-hydrogen) atoms. The molecular formula is C18H18N2O3S. The molecule has 1 saturated carbocycles. The van der Waals surface area contributed by atoms with Gasteiger partial charge in [-0.05, 0) is 61.5 Å². The molecule has 1 fully saturated rings. The first kappa shape index (κ1) is 15.2. The van der Waals surface area contributed by atoms with Crippen molar-refractivity contribution in [2.24, 2.45) is 0 Å². The van der Waals surface area contributed by atoms with E-state index in [1.165, 1.54) is 24.4 Å². The molecule has 0 spiro atoms. The largest absolute Gasteiger partial charge is 0.493 e. The Balaban J connectivity index is 1.77. The quantitative estimate of drug-likeness (QED) is 0.724. The molecule has 1 aromatic carbocycles. The van der Waals surface area contributed by atoms with Crippen molar-refractivity contribution in [2.45, 2.75) is 31.8 Å². The van der Waals surface area contributed by atoms with Crippen LogP contribution in [0.2, 0.25) is 0 Å². The van der Waals surface area contributed by atoms with Crippen LogP contribution in [0, 0.1) is 0 Å². The predicted molar refractivity (Wildman–Crippen MR) is 94.7 cm³/mol. The number of hydrogen-bond acceptors (Lipinski definition) is 5. The van der Waals surface area contributed by atoms with E-state index >= 15 is 0 Å². The van der Waals surface area contributed by atoms with E-state index in [9.17, 15) is 4.79 Å². The van der Waals surface area contributed by atoms with Gasteiger partial charge in [-0.1, -0.05) is 0 Å². The van der Waals surface area contributed by atoms with Crippen LogP contribution in [-0.4, -0.2) is 22.2 Å². The van der Waals surface area contributed by atoms with Crippen molar-refractivity contribution in [1.29, 1.82) is 0 Å². The second-order valence-corrected chi connectivity index (χ2v) is 6.89. The molecule has 0 N–H and O–H groups in total. The Morgan fingerprint density at radius 1 is 1.21 bits per heavy atom. The highest BCUT2D eigenvalue weighted by atomic mass is 32.1. The van der Waals surface area contributed by atoms with Gasteiger partial charge in [0.05, 0.1) is 23.6 Å². The zero-order valence-corrected chi connectivity index (χ0v) is 14.2. The van der Waals surface area contributed by atoms with Crippen molar-refractivity contribution in [1.82, 2.24) is 8.94 Å². The molecular weight excluding hydrogens is 324 g/mol. The van der Waals surface area contributed by atoms with Crippen molar-refractivity contribution < 1.29 is 9.47 Å². The van der Waals surface area contributed by atoms with Crippen LogP contribution < -0.4 is 15.0 Å². The van der Waals surface area contributed by atoms with Gasteiger partial charge in [-0.15, -0.1) is 0 Å². The van der Waals surface area contributed by atoms with E-state index in [1.807, 2.05) is 30.3 Å². The van der Waals surface area contributed by atoms with E-state index in [1.54, 1.807) is 17.3 Å². The van der Waals surface area contributed by atoms with E-state index in [4.69, 9.17) is 9.47 Å². The first-order valence-electron chi connectivity index (χ1n) is 8.08. The van der Waals surface area contributed by atoms with Crippen LogP contribution in [0.4, 0.5) is 0 Å². The van der Waals surface area contributed by atoms with Gasteiger partial charge in [-0.3, -0.25) is 4.79 Å². The number of methoxy groups -OCH3 is 1. The predicted octanol–water partition coefficient (Wildman–Crippen LogP) is 3.78. The van der Waals surface area contributed by atoms with Crippen molar-refractivity contribution in [3.63, 3.8) is 0 Å². The number of fused-ring (bicyclic) bond motifs is 1. The number of ether oxygens (including phenoxy) is 2. The van der Waals surface area contributed by atoms with Crippen LogP contribution in [0.15, 0.2) is 41.3 Å². The Labute approximate surface area is 143 Å². The first-order chi connectivity index (χ1) is 11.8. The van der Waals surface area contributed by atoms with Crippen LogP contribution in [0.1, 0.15) is 25.7 Å². The van der Waals surface area contributed by atoms with Crippen LogP contribution in [-0.2, 0) is 0 Å². The van der Waals surface area contributed by atoms with Gasteiger partial charge in [0.25, 0.3) is 5.56 Å². The number of nitrogens with zero attached hydrogens (tertiary/aromatic N) is 2. The lowest BCUT2D eigenvalue weighted by molar-refractivity contribution is 0.201. The average Bonchev–Trinajstić information content (AvgIpc) is 3.23. The van der Waals surface area contributed by atoms with Crippen molar-refractivity contribution in [2.75, 3.05) is 7.11 Å². The maximum absolute atomic E-state index is 12.6. The maximum atomic E-state index is 12.6. The van der Waals surface area contributed by atoms with Crippen molar-refractivity contribution in [3.8, 4) is 17.2 Å². The third-order valence-corrected chi connectivity index (χ3v) is 5.41. The summed E-state index contributed by atoms with van der Waals surface area (Å²) in [6, 6.07) is 9.35. The smallest absolute Gasteiger partial charge is 0.291 e. The molecule has 4 rings (SSSR count). The molecule has 124 valence electrons. The molecule has 0 amide bonds. The lowest BCUT2D eigenvalue weighted by atomic mass is 10.2. The van der Waals surface area contributed by atoms with E-state index in [0.29, 0.717) is 17.0 Å². The Morgan fingerprint density at radius 3 is 2.79 bits per heavy atom. The second-order valence-electron chi connectivity index (χ2n) is 5.90. The van der Waals surface area contributed by atoms with Gasteiger partial charge in [0, 0.05) is 12.3 Å². The Bertz CT molecular complexity index is 925. The van der Waals surface area contributed by atoms with Crippen LogP contribution in [0.3, 0.4) is 0 Å². The SMILES string of the molecule is COc1ccc(-n2sc3cccnc3c2=O)cc1OC1CCCC1. The molecule has 0 saturated heterocycles. The summed E-state index contributed by atoms with van der Waals surface area (Å²) >= 11 is 1.39. The highest BCUT2D eigenvalue weighted by Crippen LogP contribution is 2.34. The average molecular weight is 342 g/mol. The molecule has 0 aliphatic heterocycles. The fraction of sp³-hybridized carbons (Fsp3) is 0.333. The molecule has 0 bridgehead atoms. The number of benzene rings is 1. The summed E-state index contributed by atoms with van der Waals surface area (Å²) < 4.78 is 14.1. The fourth-order valence-corrected chi connectivity index (χ4v) is 4.05. The Morgan fingerprint density at radius 2 is 2.04 bits per heavy atom. The van der Waals surface area contributed by atoms with E-state index in [0.717, 1.165) is 23.2 Å². The minimum atomic E-state index is -0.104. The highest BCUT2D eigenvalue weighted by molar-refractivity contribution is 7.14. The molecule has 0 radical (unpaired) electrons. The van der Waals surface area contributed by atoms with Crippen LogP contribution in [0.5, 0.6) is 11.5 Å².